The average Bonchev–Trinajstić information content (AvgIpc) is 3.68. The number of anilines is 3. The molecule has 2 aliphatic rings. The molecule has 0 radical (unpaired) electrons. The fourth-order valence-corrected chi connectivity index (χ4v) is 5.02. The molecule has 33 heavy (non-hydrogen) atoms. The van der Waals surface area contributed by atoms with E-state index in [1.807, 2.05) is 0 Å². The molecule has 1 aromatic heterocycles. The van der Waals surface area contributed by atoms with Crippen molar-refractivity contribution in [3.8, 4) is 0 Å². The Labute approximate surface area is 189 Å². The minimum absolute atomic E-state index is 0.111. The van der Waals surface area contributed by atoms with E-state index in [4.69, 9.17) is 0 Å². The highest BCUT2D eigenvalue weighted by molar-refractivity contribution is 7.92. The van der Waals surface area contributed by atoms with E-state index in [0.29, 0.717) is 35.6 Å². The molecule has 1 amide bonds. The molecule has 0 atom stereocenters. The molecule has 5 rings (SSSR count). The van der Waals surface area contributed by atoms with E-state index in [2.05, 4.69) is 20.6 Å². The molecule has 0 aliphatic heterocycles. The molecular formula is C22H21F2N5O3S. The van der Waals surface area contributed by atoms with Gasteiger partial charge in [0.2, 0.25) is 10.0 Å². The second-order valence-corrected chi connectivity index (χ2v) is 10.2. The zero-order valence-corrected chi connectivity index (χ0v) is 18.5. The summed E-state index contributed by atoms with van der Waals surface area (Å²) in [5.74, 6) is -2.35. The fraction of sp³-hybridized carbons (Fsp3) is 0.318. The van der Waals surface area contributed by atoms with Gasteiger partial charge in [-0.15, -0.1) is 0 Å². The van der Waals surface area contributed by atoms with Crippen LogP contribution in [0.15, 0.2) is 36.7 Å². The van der Waals surface area contributed by atoms with Crippen molar-refractivity contribution in [1.29, 1.82) is 0 Å². The monoisotopic (exact) mass is 473 g/mol. The van der Waals surface area contributed by atoms with Crippen LogP contribution in [0.1, 0.15) is 36.0 Å². The number of aromatic nitrogens is 2. The van der Waals surface area contributed by atoms with E-state index in [1.54, 1.807) is 12.1 Å². The van der Waals surface area contributed by atoms with Crippen molar-refractivity contribution < 1.29 is 22.0 Å². The second-order valence-electron chi connectivity index (χ2n) is 8.34. The van der Waals surface area contributed by atoms with Crippen LogP contribution in [0.5, 0.6) is 0 Å². The molecule has 3 aromatic rings. The van der Waals surface area contributed by atoms with Crippen molar-refractivity contribution in [2.75, 3.05) is 21.2 Å². The van der Waals surface area contributed by atoms with E-state index in [9.17, 15) is 17.6 Å². The first-order valence-corrected chi connectivity index (χ1v) is 12.4. The van der Waals surface area contributed by atoms with Gasteiger partial charge in [-0.3, -0.25) is 9.10 Å². The summed E-state index contributed by atoms with van der Waals surface area (Å²) in [5, 5.41) is 6.17. The number of rotatable bonds is 7. The minimum Gasteiger partial charge on any atom is -0.367 e. The Morgan fingerprint density at radius 3 is 2.52 bits per heavy atom. The Kier molecular flexibility index (Phi) is 5.15. The third kappa shape index (κ3) is 4.20. The summed E-state index contributed by atoms with van der Waals surface area (Å²) >= 11 is 0. The van der Waals surface area contributed by atoms with Crippen LogP contribution in [0.3, 0.4) is 0 Å². The van der Waals surface area contributed by atoms with E-state index in [1.165, 1.54) is 12.4 Å². The lowest BCUT2D eigenvalue weighted by Crippen LogP contribution is -2.33. The molecule has 0 saturated heterocycles. The molecule has 2 saturated carbocycles. The quantitative estimate of drug-likeness (QED) is 0.543. The second kappa shape index (κ2) is 7.91. The van der Waals surface area contributed by atoms with Crippen molar-refractivity contribution in [2.24, 2.45) is 0 Å². The fourth-order valence-electron chi connectivity index (χ4n) is 3.77. The summed E-state index contributed by atoms with van der Waals surface area (Å²) in [6.07, 6.45) is 5.52. The lowest BCUT2D eigenvalue weighted by molar-refractivity contribution is 0.102. The molecule has 2 aromatic carbocycles. The zero-order chi connectivity index (χ0) is 23.3. The maximum absolute atomic E-state index is 15.3. The van der Waals surface area contributed by atoms with Crippen LogP contribution >= 0.6 is 0 Å². The van der Waals surface area contributed by atoms with Gasteiger partial charge in [0.15, 0.2) is 5.82 Å². The third-order valence-corrected chi connectivity index (χ3v) is 6.82. The number of amides is 1. The summed E-state index contributed by atoms with van der Waals surface area (Å²) in [4.78, 5) is 21.5. The maximum atomic E-state index is 15.3. The van der Waals surface area contributed by atoms with Crippen LogP contribution in [-0.2, 0) is 10.0 Å². The van der Waals surface area contributed by atoms with Gasteiger partial charge < -0.3 is 10.6 Å². The molecule has 2 aliphatic carbocycles. The largest absolute Gasteiger partial charge is 0.367 e. The summed E-state index contributed by atoms with van der Waals surface area (Å²) in [6, 6.07) is 6.86. The molecule has 0 spiro atoms. The van der Waals surface area contributed by atoms with Crippen LogP contribution in [0.25, 0.3) is 10.9 Å². The van der Waals surface area contributed by atoms with Crippen LogP contribution < -0.4 is 14.9 Å². The normalized spacial score (nSPS) is 16.0. The summed E-state index contributed by atoms with van der Waals surface area (Å²) in [5.41, 5.74) is -0.567. The Morgan fingerprint density at radius 2 is 1.85 bits per heavy atom. The van der Waals surface area contributed by atoms with Crippen LogP contribution in [-0.4, -0.2) is 42.6 Å². The first-order chi connectivity index (χ1) is 15.7. The molecule has 1 heterocycles. The Hall–Kier alpha value is -3.34. The molecule has 2 fully saturated rings. The van der Waals surface area contributed by atoms with Gasteiger partial charge in [-0.05, 0) is 49.9 Å². The summed E-state index contributed by atoms with van der Waals surface area (Å²) in [6.45, 7) is 0. The van der Waals surface area contributed by atoms with Crippen molar-refractivity contribution in [1.82, 2.24) is 9.97 Å². The first kappa shape index (κ1) is 21.5. The number of benzene rings is 2. The van der Waals surface area contributed by atoms with E-state index < -0.39 is 33.3 Å². The third-order valence-electron chi connectivity index (χ3n) is 5.61. The highest BCUT2D eigenvalue weighted by Crippen LogP contribution is 2.38. The van der Waals surface area contributed by atoms with Gasteiger partial charge in [-0.2, -0.15) is 0 Å². The average molecular weight is 474 g/mol. The Morgan fingerprint density at radius 1 is 1.09 bits per heavy atom. The number of nitrogens with one attached hydrogen (secondary N) is 2. The van der Waals surface area contributed by atoms with Crippen LogP contribution in [0, 0.1) is 11.6 Å². The SMILES string of the molecule is CS(=O)(=O)N(c1ccc(F)c(NC(=O)c2cccc3c(NC4CC4)ncnc23)c1F)C1CC1. The number of fused-ring (bicyclic) bond motifs is 1. The predicted molar refractivity (Wildman–Crippen MR) is 121 cm³/mol. The molecule has 0 unspecified atom stereocenters. The van der Waals surface area contributed by atoms with E-state index in [-0.39, 0.29) is 17.3 Å². The van der Waals surface area contributed by atoms with Gasteiger partial charge in [-0.1, -0.05) is 6.07 Å². The zero-order valence-electron chi connectivity index (χ0n) is 17.7. The maximum Gasteiger partial charge on any atom is 0.258 e. The molecule has 11 heteroatoms. The minimum atomic E-state index is -3.79. The van der Waals surface area contributed by atoms with Crippen LogP contribution in [0.2, 0.25) is 0 Å². The van der Waals surface area contributed by atoms with E-state index in [0.717, 1.165) is 35.5 Å². The lowest BCUT2D eigenvalue weighted by Gasteiger charge is -2.23. The van der Waals surface area contributed by atoms with Gasteiger partial charge in [0.25, 0.3) is 5.91 Å². The summed E-state index contributed by atoms with van der Waals surface area (Å²) in [7, 11) is -3.79. The van der Waals surface area contributed by atoms with Crippen molar-refractivity contribution in [2.45, 2.75) is 37.8 Å². The van der Waals surface area contributed by atoms with Crippen LogP contribution in [0.4, 0.5) is 26.0 Å². The molecule has 2 N–H and O–H groups in total. The highest BCUT2D eigenvalue weighted by Gasteiger charge is 2.37. The molecule has 172 valence electrons. The van der Waals surface area contributed by atoms with Gasteiger partial charge in [-0.25, -0.2) is 27.2 Å². The topological polar surface area (TPSA) is 104 Å². The predicted octanol–water partition coefficient (Wildman–Crippen LogP) is 3.66. The van der Waals surface area contributed by atoms with Gasteiger partial charge in [0.1, 0.15) is 23.6 Å². The van der Waals surface area contributed by atoms with Gasteiger partial charge >= 0.3 is 0 Å². The Bertz CT molecular complexity index is 1370. The van der Waals surface area contributed by atoms with Crippen molar-refractivity contribution in [3.63, 3.8) is 0 Å². The van der Waals surface area contributed by atoms with Crippen molar-refractivity contribution in [3.05, 3.63) is 53.9 Å². The smallest absolute Gasteiger partial charge is 0.258 e. The van der Waals surface area contributed by atoms with Gasteiger partial charge in [0, 0.05) is 17.5 Å². The Balaban J connectivity index is 1.51. The van der Waals surface area contributed by atoms with Gasteiger partial charge in [0.05, 0.1) is 23.0 Å². The number of sulfonamides is 1. The number of hydrogen-bond acceptors (Lipinski definition) is 6. The number of halogens is 2. The molecule has 8 nitrogen and oxygen atoms in total. The number of nitrogens with zero attached hydrogens (tertiary/aromatic N) is 3. The molecule has 0 bridgehead atoms. The number of hydrogen-bond donors (Lipinski definition) is 2. The number of carbonyl (C=O) groups excluding carboxylic acids is 1. The number of carbonyl (C=O) groups is 1. The summed E-state index contributed by atoms with van der Waals surface area (Å²) < 4.78 is 55.3. The molecular weight excluding hydrogens is 452 g/mol. The standard InChI is InChI=1S/C22H21F2N5O3S/c1-33(31,32)29(13-7-8-13)17-10-9-16(23)20(18(17)24)28-22(30)15-4-2-3-14-19(15)25-11-26-21(14)27-12-5-6-12/h2-4,9-13H,5-8H2,1H3,(H,28,30)(H,25,26,27). The van der Waals surface area contributed by atoms with E-state index >= 15 is 4.39 Å². The van der Waals surface area contributed by atoms with Crippen molar-refractivity contribution >= 4 is 44.0 Å². The highest BCUT2D eigenvalue weighted by atomic mass is 32.2. The lowest BCUT2D eigenvalue weighted by atomic mass is 10.1. The first-order valence-electron chi connectivity index (χ1n) is 10.5. The number of para-hydroxylation sites is 1.